The molecule has 192 valence electrons. The number of carbonyl (C=O) groups is 4. The van der Waals surface area contributed by atoms with E-state index in [4.69, 9.17) is 0 Å². The van der Waals surface area contributed by atoms with E-state index in [9.17, 15) is 29.1 Å². The third-order valence-corrected chi connectivity index (χ3v) is 8.91. The minimum Gasteiger partial charge on any atom is -0.477 e. The lowest BCUT2D eigenvalue weighted by atomic mass is 10.0. The largest absolute Gasteiger partial charge is 0.477 e. The lowest BCUT2D eigenvalue weighted by Gasteiger charge is -2.49. The number of H-pyrrole nitrogens is 2. The summed E-state index contributed by atoms with van der Waals surface area (Å²) in [7, 11) is 0. The van der Waals surface area contributed by atoms with Gasteiger partial charge in [-0.1, -0.05) is 11.8 Å². The zero-order valence-electron chi connectivity index (χ0n) is 19.2. The summed E-state index contributed by atoms with van der Waals surface area (Å²) in [5.41, 5.74) is 1.06. The van der Waals surface area contributed by atoms with Crippen LogP contribution in [0, 0.1) is 0 Å². The molecule has 2 aromatic rings. The van der Waals surface area contributed by atoms with E-state index in [0.717, 1.165) is 24.6 Å². The normalized spacial score (nSPS) is 24.6. The van der Waals surface area contributed by atoms with Crippen LogP contribution in [0.25, 0.3) is 11.2 Å². The number of carbonyl (C=O) groups excluding carboxylic acids is 3. The number of hydrogen-bond donors (Lipinski definition) is 4. The Morgan fingerprint density at radius 3 is 2.86 bits per heavy atom. The number of aromatic nitrogens is 4. The fraction of sp³-hybridized carbons (Fsp3) is 0.409. The number of fused-ring (bicyclic) bond motifs is 2. The smallest absolute Gasteiger partial charge is 0.352 e. The number of nitrogens with zero attached hydrogens (tertiary/aromatic N) is 4. The first-order valence-corrected chi connectivity index (χ1v) is 13.6. The van der Waals surface area contributed by atoms with Crippen LogP contribution in [0.5, 0.6) is 0 Å². The van der Waals surface area contributed by atoms with Crippen LogP contribution < -0.4 is 11.0 Å². The maximum absolute atomic E-state index is 12.9. The minimum atomic E-state index is -1.25. The second-order valence-electron chi connectivity index (χ2n) is 9.05. The van der Waals surface area contributed by atoms with Gasteiger partial charge in [-0.3, -0.25) is 24.3 Å². The molecule has 0 aromatic carbocycles. The number of aromatic amines is 2. The van der Waals surface area contributed by atoms with Gasteiger partial charge in [-0.05, 0) is 30.9 Å². The average molecular weight is 544 g/mol. The van der Waals surface area contributed by atoms with Crippen molar-refractivity contribution in [3.63, 3.8) is 0 Å². The minimum absolute atomic E-state index is 0.0632. The Morgan fingerprint density at radius 1 is 1.30 bits per heavy atom. The Bertz CT molecular complexity index is 1480. The first kappa shape index (κ1) is 23.8. The third-order valence-electron chi connectivity index (χ3n) is 6.63. The molecule has 4 N–H and O–H groups in total. The highest BCUT2D eigenvalue weighted by Gasteiger charge is 2.54. The van der Waals surface area contributed by atoms with E-state index in [1.165, 1.54) is 23.0 Å². The molecule has 3 amide bonds. The van der Waals surface area contributed by atoms with Gasteiger partial charge in [0.25, 0.3) is 5.91 Å². The fourth-order valence-corrected chi connectivity index (χ4v) is 6.85. The van der Waals surface area contributed by atoms with Crippen molar-refractivity contribution in [1.29, 1.82) is 0 Å². The molecule has 2 atom stereocenters. The fourth-order valence-electron chi connectivity index (χ4n) is 4.75. The highest BCUT2D eigenvalue weighted by atomic mass is 32.2. The van der Waals surface area contributed by atoms with Crippen LogP contribution in [0.1, 0.15) is 19.3 Å². The lowest BCUT2D eigenvalue weighted by Crippen LogP contribution is -2.70. The second-order valence-corrected chi connectivity index (χ2v) is 11.1. The molecule has 2 saturated heterocycles. The van der Waals surface area contributed by atoms with Gasteiger partial charge >= 0.3 is 11.7 Å². The molecular formula is C22H21N7O6S2. The van der Waals surface area contributed by atoms with E-state index < -0.39 is 34.9 Å². The first-order valence-electron chi connectivity index (χ1n) is 11.6. The molecule has 1 saturated carbocycles. The molecule has 0 unspecified atom stereocenters. The highest BCUT2D eigenvalue weighted by Crippen LogP contribution is 2.42. The van der Waals surface area contributed by atoms with E-state index >= 15 is 0 Å². The number of imidazole rings is 1. The molecule has 4 aliphatic rings. The van der Waals surface area contributed by atoms with E-state index in [0.29, 0.717) is 52.1 Å². The van der Waals surface area contributed by atoms with Gasteiger partial charge in [0.2, 0.25) is 11.8 Å². The highest BCUT2D eigenvalue weighted by molar-refractivity contribution is 8.00. The van der Waals surface area contributed by atoms with Crippen molar-refractivity contribution in [2.75, 3.05) is 18.1 Å². The van der Waals surface area contributed by atoms with Gasteiger partial charge in [0, 0.05) is 23.9 Å². The van der Waals surface area contributed by atoms with Crippen molar-refractivity contribution in [3.8, 4) is 0 Å². The molecule has 37 heavy (non-hydrogen) atoms. The van der Waals surface area contributed by atoms with Crippen LogP contribution in [0.4, 0.5) is 0 Å². The molecule has 13 nitrogen and oxygen atoms in total. The number of rotatable bonds is 7. The van der Waals surface area contributed by atoms with E-state index in [-0.39, 0.29) is 17.4 Å². The summed E-state index contributed by atoms with van der Waals surface area (Å²) >= 11 is 2.36. The molecular weight excluding hydrogens is 522 g/mol. The summed E-state index contributed by atoms with van der Waals surface area (Å²) in [5.74, 6) is -2.10. The number of carboxylic acids is 1. The maximum Gasteiger partial charge on any atom is 0.352 e. The predicted octanol–water partition coefficient (Wildman–Crippen LogP) is -0.202. The summed E-state index contributed by atoms with van der Waals surface area (Å²) in [4.78, 5) is 78.2. The molecule has 0 bridgehead atoms. The van der Waals surface area contributed by atoms with Crippen molar-refractivity contribution in [2.45, 2.75) is 41.7 Å². The number of hydrogen-bond acceptors (Lipinski definition) is 9. The summed E-state index contributed by atoms with van der Waals surface area (Å²) in [6.45, 7) is 0.633. The molecule has 1 aliphatic carbocycles. The number of nitrogens with one attached hydrogen (secondary N) is 3. The first-order chi connectivity index (χ1) is 17.8. The summed E-state index contributed by atoms with van der Waals surface area (Å²) in [6, 6.07) is -0.584. The van der Waals surface area contributed by atoms with Crippen molar-refractivity contribution >= 4 is 58.4 Å². The molecule has 3 fully saturated rings. The number of allylic oxidation sites excluding steroid dienone is 1. The van der Waals surface area contributed by atoms with Crippen LogP contribution in [-0.4, -0.2) is 94.0 Å². The quantitative estimate of drug-likeness (QED) is 0.158. The van der Waals surface area contributed by atoms with Gasteiger partial charge in [-0.15, -0.1) is 11.8 Å². The number of carboxylic acid groups (broad SMARTS) is 1. The number of amides is 3. The van der Waals surface area contributed by atoms with E-state index in [1.54, 1.807) is 6.08 Å². The second kappa shape index (κ2) is 9.06. The average Bonchev–Trinajstić information content (AvgIpc) is 3.49. The Balaban J connectivity index is 1.14. The summed E-state index contributed by atoms with van der Waals surface area (Å²) in [6.07, 6.45) is 5.58. The Hall–Kier alpha value is -3.59. The standard InChI is InChI=1S/C22H21N7O6S2/c30-12(7-36-17-13-16(24-8-23-13)26-22(35)27-17)25-14-19(32)29-15(21(33)34)10(6-37-20(14)29)5-9-3-4-28(18(9)31)11-1-2-11/h5,8,11,14,20H,1-4,6-7H2,(H,25,30)(H,33,34)(H2,23,24,26,27,35)/t14-,20-/m1/s1. The topological polar surface area (TPSA) is 181 Å². The Morgan fingerprint density at radius 2 is 2.11 bits per heavy atom. The zero-order chi connectivity index (χ0) is 25.8. The molecule has 0 radical (unpaired) electrons. The maximum atomic E-state index is 12.9. The van der Waals surface area contributed by atoms with Crippen LogP contribution in [0.15, 0.2) is 39.1 Å². The molecule has 0 spiro atoms. The van der Waals surface area contributed by atoms with Crippen molar-refractivity contribution in [1.82, 2.24) is 35.1 Å². The van der Waals surface area contributed by atoms with Crippen molar-refractivity contribution in [2.24, 2.45) is 0 Å². The monoisotopic (exact) mass is 543 g/mol. The van der Waals surface area contributed by atoms with Crippen LogP contribution >= 0.6 is 23.5 Å². The van der Waals surface area contributed by atoms with Crippen molar-refractivity contribution < 1.29 is 24.3 Å². The van der Waals surface area contributed by atoms with Crippen LogP contribution in [0.2, 0.25) is 0 Å². The predicted molar refractivity (Wildman–Crippen MR) is 132 cm³/mol. The van der Waals surface area contributed by atoms with Crippen LogP contribution in [0.3, 0.4) is 0 Å². The van der Waals surface area contributed by atoms with Crippen molar-refractivity contribution in [3.05, 3.63) is 39.7 Å². The van der Waals surface area contributed by atoms with Gasteiger partial charge in [0.1, 0.15) is 27.7 Å². The number of aliphatic carboxylic acids is 1. The Labute approximate surface area is 217 Å². The number of thioether (sulfide) groups is 2. The summed E-state index contributed by atoms with van der Waals surface area (Å²) < 4.78 is 0. The van der Waals surface area contributed by atoms with E-state index in [1.807, 2.05) is 4.90 Å². The van der Waals surface area contributed by atoms with Gasteiger partial charge in [-0.25, -0.2) is 14.6 Å². The molecule has 3 aliphatic heterocycles. The number of β-lactam (4-membered cyclic amide) rings is 1. The SMILES string of the molecule is O=C(CSc1nc(=O)[nH]c2nc[nH]c12)N[C@@H]1C(=O)N2C(C(=O)O)=C(C=C3CCN(C4CC4)C3=O)CS[C@H]12. The lowest BCUT2D eigenvalue weighted by molar-refractivity contribution is -0.150. The Kier molecular flexibility index (Phi) is 5.82. The third kappa shape index (κ3) is 4.21. The van der Waals surface area contributed by atoms with Gasteiger partial charge < -0.3 is 20.3 Å². The molecule has 2 aromatic heterocycles. The molecule has 6 rings (SSSR count). The molecule has 5 heterocycles. The number of likely N-dealkylation sites (tertiary alicyclic amines) is 1. The zero-order valence-corrected chi connectivity index (χ0v) is 20.9. The summed E-state index contributed by atoms with van der Waals surface area (Å²) in [5, 5.41) is 12.3. The van der Waals surface area contributed by atoms with E-state index in [2.05, 4.69) is 25.3 Å². The van der Waals surface area contributed by atoms with Crippen LogP contribution in [-0.2, 0) is 19.2 Å². The van der Waals surface area contributed by atoms with Gasteiger partial charge in [-0.2, -0.15) is 4.98 Å². The van der Waals surface area contributed by atoms with Gasteiger partial charge in [0.15, 0.2) is 5.65 Å². The molecule has 15 heteroatoms. The van der Waals surface area contributed by atoms with Gasteiger partial charge in [0.05, 0.1) is 12.1 Å².